The SMILES string of the molecule is COC(=O)C1=C(C)NC(C)=C(c2ccco2)C1c1ccccc1[N+](=O)[O-]. The number of allylic oxidation sites excluding steroid dienone is 3. The summed E-state index contributed by atoms with van der Waals surface area (Å²) in [4.78, 5) is 23.7. The van der Waals surface area contributed by atoms with E-state index in [1.165, 1.54) is 19.4 Å². The molecule has 1 N–H and O–H groups in total. The van der Waals surface area contributed by atoms with E-state index < -0.39 is 16.8 Å². The van der Waals surface area contributed by atoms with E-state index in [0.717, 1.165) is 5.70 Å². The second-order valence-corrected chi connectivity index (χ2v) is 5.92. The number of dihydropyridines is 1. The number of furan rings is 1. The fourth-order valence-corrected chi connectivity index (χ4v) is 3.34. The van der Waals surface area contributed by atoms with Gasteiger partial charge in [0.15, 0.2) is 0 Å². The molecule has 3 rings (SSSR count). The van der Waals surface area contributed by atoms with Crippen molar-refractivity contribution in [3.63, 3.8) is 0 Å². The molecule has 1 aliphatic rings. The monoisotopic (exact) mass is 354 g/mol. The normalized spacial score (nSPS) is 17.1. The number of rotatable bonds is 4. The molecule has 2 aromatic rings. The molecule has 7 heteroatoms. The molecule has 0 saturated carbocycles. The molecule has 0 spiro atoms. The third-order valence-electron chi connectivity index (χ3n) is 4.40. The average molecular weight is 354 g/mol. The molecule has 0 fully saturated rings. The third kappa shape index (κ3) is 2.88. The number of carbonyl (C=O) groups is 1. The van der Waals surface area contributed by atoms with Gasteiger partial charge in [-0.2, -0.15) is 0 Å². The van der Waals surface area contributed by atoms with Gasteiger partial charge in [0.2, 0.25) is 0 Å². The van der Waals surface area contributed by atoms with Crippen LogP contribution in [0.4, 0.5) is 5.69 Å². The van der Waals surface area contributed by atoms with Crippen molar-refractivity contribution in [3.8, 4) is 0 Å². The Morgan fingerprint density at radius 3 is 2.54 bits per heavy atom. The summed E-state index contributed by atoms with van der Waals surface area (Å²) < 4.78 is 10.5. The molecule has 134 valence electrons. The Morgan fingerprint density at radius 1 is 1.19 bits per heavy atom. The number of hydrogen-bond donors (Lipinski definition) is 1. The zero-order chi connectivity index (χ0) is 18.8. The van der Waals surface area contributed by atoms with Gasteiger partial charge in [-0.3, -0.25) is 10.1 Å². The van der Waals surface area contributed by atoms with Crippen molar-refractivity contribution in [1.82, 2.24) is 5.32 Å². The lowest BCUT2D eigenvalue weighted by Gasteiger charge is -2.30. The average Bonchev–Trinajstić information content (AvgIpc) is 3.14. The van der Waals surface area contributed by atoms with E-state index in [9.17, 15) is 14.9 Å². The van der Waals surface area contributed by atoms with E-state index in [4.69, 9.17) is 9.15 Å². The van der Waals surface area contributed by atoms with Crippen LogP contribution in [0.1, 0.15) is 31.1 Å². The first-order valence-electron chi connectivity index (χ1n) is 7.99. The van der Waals surface area contributed by atoms with Crippen molar-refractivity contribution in [2.75, 3.05) is 7.11 Å². The first kappa shape index (κ1) is 17.5. The van der Waals surface area contributed by atoms with Crippen molar-refractivity contribution in [1.29, 1.82) is 0 Å². The van der Waals surface area contributed by atoms with Gasteiger partial charge >= 0.3 is 5.97 Å². The summed E-state index contributed by atoms with van der Waals surface area (Å²) in [7, 11) is 1.29. The van der Waals surface area contributed by atoms with Crippen molar-refractivity contribution in [2.45, 2.75) is 19.8 Å². The van der Waals surface area contributed by atoms with Crippen LogP contribution in [0.3, 0.4) is 0 Å². The molecule has 1 atom stereocenters. The third-order valence-corrected chi connectivity index (χ3v) is 4.40. The lowest BCUT2D eigenvalue weighted by atomic mass is 9.79. The molecular weight excluding hydrogens is 336 g/mol. The van der Waals surface area contributed by atoms with Crippen LogP contribution in [0.5, 0.6) is 0 Å². The number of nitrogens with one attached hydrogen (secondary N) is 1. The van der Waals surface area contributed by atoms with E-state index in [-0.39, 0.29) is 5.69 Å². The summed E-state index contributed by atoms with van der Waals surface area (Å²) in [5.41, 5.74) is 2.67. The largest absolute Gasteiger partial charge is 0.466 e. The first-order chi connectivity index (χ1) is 12.5. The highest BCUT2D eigenvalue weighted by molar-refractivity contribution is 5.97. The van der Waals surface area contributed by atoms with Crippen LogP contribution < -0.4 is 5.32 Å². The number of nitro groups is 1. The van der Waals surface area contributed by atoms with Gasteiger partial charge in [0.05, 0.1) is 29.8 Å². The van der Waals surface area contributed by atoms with Gasteiger partial charge in [-0.1, -0.05) is 18.2 Å². The molecule has 26 heavy (non-hydrogen) atoms. The van der Waals surface area contributed by atoms with Crippen molar-refractivity contribution in [2.24, 2.45) is 0 Å². The minimum absolute atomic E-state index is 0.0644. The second kappa shape index (κ2) is 6.87. The standard InChI is InChI=1S/C19H18N2O5/c1-11-16(15-9-6-10-26-15)18(17(12(2)20-11)19(22)25-3)13-7-4-5-8-14(13)21(23)24/h4-10,18,20H,1-3H3. The van der Waals surface area contributed by atoms with E-state index in [1.54, 1.807) is 37.3 Å². The van der Waals surface area contributed by atoms with Gasteiger partial charge in [-0.05, 0) is 26.0 Å². The molecular formula is C19H18N2O5. The van der Waals surface area contributed by atoms with Crippen LogP contribution in [0, 0.1) is 10.1 Å². The minimum Gasteiger partial charge on any atom is -0.466 e. The smallest absolute Gasteiger partial charge is 0.336 e. The van der Waals surface area contributed by atoms with Crippen LogP contribution in [-0.4, -0.2) is 18.0 Å². The highest BCUT2D eigenvalue weighted by Gasteiger charge is 2.38. The van der Waals surface area contributed by atoms with Crippen LogP contribution in [0.15, 0.2) is 64.0 Å². The number of carbonyl (C=O) groups excluding carboxylic acids is 1. The van der Waals surface area contributed by atoms with Gasteiger partial charge in [-0.25, -0.2) is 4.79 Å². The number of para-hydroxylation sites is 1. The number of ether oxygens (including phenoxy) is 1. The number of hydrogen-bond acceptors (Lipinski definition) is 6. The van der Waals surface area contributed by atoms with Gasteiger partial charge < -0.3 is 14.5 Å². The maximum atomic E-state index is 12.5. The van der Waals surface area contributed by atoms with Crippen LogP contribution in [0.2, 0.25) is 0 Å². The van der Waals surface area contributed by atoms with E-state index in [1.807, 2.05) is 6.92 Å². The topological polar surface area (TPSA) is 94.6 Å². The molecule has 1 aromatic heterocycles. The molecule has 0 radical (unpaired) electrons. The summed E-state index contributed by atoms with van der Waals surface area (Å²) in [6.45, 7) is 3.59. The predicted molar refractivity (Wildman–Crippen MR) is 95.0 cm³/mol. The summed E-state index contributed by atoms with van der Waals surface area (Å²) >= 11 is 0. The second-order valence-electron chi connectivity index (χ2n) is 5.92. The lowest BCUT2D eigenvalue weighted by molar-refractivity contribution is -0.385. The quantitative estimate of drug-likeness (QED) is 0.510. The van der Waals surface area contributed by atoms with Gasteiger partial charge in [-0.15, -0.1) is 0 Å². The van der Waals surface area contributed by atoms with Crippen LogP contribution in [-0.2, 0) is 9.53 Å². The highest BCUT2D eigenvalue weighted by Crippen LogP contribution is 2.46. The molecule has 0 aliphatic carbocycles. The summed E-state index contributed by atoms with van der Waals surface area (Å²) in [6, 6.07) is 9.88. The number of nitrogens with zero attached hydrogens (tertiary/aromatic N) is 1. The van der Waals surface area contributed by atoms with Crippen molar-refractivity contribution >= 4 is 17.2 Å². The van der Waals surface area contributed by atoms with Crippen molar-refractivity contribution in [3.05, 3.63) is 81.1 Å². The molecule has 2 heterocycles. The number of esters is 1. The molecule has 0 saturated heterocycles. The van der Waals surface area contributed by atoms with Gasteiger partial charge in [0.1, 0.15) is 5.76 Å². The Kier molecular flexibility index (Phi) is 4.62. The molecule has 1 aromatic carbocycles. The molecule has 1 aliphatic heterocycles. The van der Waals surface area contributed by atoms with Gasteiger partial charge in [0, 0.05) is 28.6 Å². The summed E-state index contributed by atoms with van der Waals surface area (Å²) in [5, 5.41) is 14.7. The Balaban J connectivity index is 2.31. The number of methoxy groups -OCH3 is 1. The van der Waals surface area contributed by atoms with Crippen LogP contribution in [0.25, 0.3) is 5.57 Å². The zero-order valence-corrected chi connectivity index (χ0v) is 14.6. The van der Waals surface area contributed by atoms with Crippen molar-refractivity contribution < 1.29 is 18.9 Å². The minimum atomic E-state index is -0.684. The van der Waals surface area contributed by atoms with Crippen LogP contribution >= 0.6 is 0 Å². The first-order valence-corrected chi connectivity index (χ1v) is 7.99. The lowest BCUT2D eigenvalue weighted by Crippen LogP contribution is -2.28. The summed E-state index contributed by atoms with van der Waals surface area (Å²) in [5.74, 6) is -0.696. The molecule has 7 nitrogen and oxygen atoms in total. The van der Waals surface area contributed by atoms with E-state index in [2.05, 4.69) is 5.32 Å². The molecule has 0 amide bonds. The molecule has 0 bridgehead atoms. The summed E-state index contributed by atoms with van der Waals surface area (Å²) in [6.07, 6.45) is 1.52. The van der Waals surface area contributed by atoms with Gasteiger partial charge in [0.25, 0.3) is 5.69 Å². The Hall–Kier alpha value is -3.35. The zero-order valence-electron chi connectivity index (χ0n) is 14.6. The van der Waals surface area contributed by atoms with E-state index in [0.29, 0.717) is 28.2 Å². The highest BCUT2D eigenvalue weighted by atomic mass is 16.6. The predicted octanol–water partition coefficient (Wildman–Crippen LogP) is 3.75. The maximum Gasteiger partial charge on any atom is 0.336 e. The fourth-order valence-electron chi connectivity index (χ4n) is 3.34. The maximum absolute atomic E-state index is 12.5. The molecule has 1 unspecified atom stereocenters. The Labute approximate surface area is 150 Å². The Bertz CT molecular complexity index is 925. The Morgan fingerprint density at radius 2 is 1.92 bits per heavy atom. The number of benzene rings is 1. The number of nitro benzene ring substituents is 1. The fraction of sp³-hybridized carbons (Fsp3) is 0.211. The van der Waals surface area contributed by atoms with E-state index >= 15 is 0 Å².